The van der Waals surface area contributed by atoms with Crippen molar-refractivity contribution < 1.29 is 9.90 Å². The quantitative estimate of drug-likeness (QED) is 0.519. The van der Waals surface area contributed by atoms with E-state index in [0.717, 1.165) is 16.8 Å². The molecule has 1 unspecified atom stereocenters. The van der Waals surface area contributed by atoms with Crippen molar-refractivity contribution in [3.05, 3.63) is 102 Å². The number of carbonyl (C=O) groups is 1. The van der Waals surface area contributed by atoms with Crippen molar-refractivity contribution in [2.45, 2.75) is 13.0 Å². The lowest BCUT2D eigenvalue weighted by molar-refractivity contribution is 0.0914. The van der Waals surface area contributed by atoms with Crippen LogP contribution in [0.25, 0.3) is 16.9 Å². The van der Waals surface area contributed by atoms with Crippen molar-refractivity contribution in [2.24, 2.45) is 0 Å². The summed E-state index contributed by atoms with van der Waals surface area (Å²) in [5.74, 6) is -0.304. The van der Waals surface area contributed by atoms with E-state index in [1.807, 2.05) is 61.5 Å². The Hall–Kier alpha value is -3.77. The molecule has 1 atom stereocenters. The van der Waals surface area contributed by atoms with Gasteiger partial charge in [0.05, 0.1) is 16.9 Å². The summed E-state index contributed by atoms with van der Waals surface area (Å²) in [6.45, 7) is 2.08. The van der Waals surface area contributed by atoms with Gasteiger partial charge in [0.15, 0.2) is 0 Å². The Kier molecular flexibility index (Phi) is 5.68. The van der Waals surface area contributed by atoms with Crippen molar-refractivity contribution in [1.29, 1.82) is 0 Å². The van der Waals surface area contributed by atoms with Gasteiger partial charge in [0.2, 0.25) is 0 Å². The standard InChI is InChI=1S/C24H22N4O2/c1-17-10-12-19(13-11-17)28-16-20(23(27-28)18-7-3-2-4-8-18)24(30)26-15-22(29)21-9-5-6-14-25-21/h2-14,16,22,29H,15H2,1H3,(H,26,30). The van der Waals surface area contributed by atoms with Crippen LogP contribution in [-0.2, 0) is 0 Å². The largest absolute Gasteiger partial charge is 0.385 e. The Morgan fingerprint density at radius 3 is 2.47 bits per heavy atom. The van der Waals surface area contributed by atoms with Crippen LogP contribution in [0, 0.1) is 6.92 Å². The summed E-state index contributed by atoms with van der Waals surface area (Å²) >= 11 is 0. The summed E-state index contributed by atoms with van der Waals surface area (Å²) in [5, 5.41) is 17.8. The lowest BCUT2D eigenvalue weighted by atomic mass is 10.1. The molecule has 4 rings (SSSR count). The van der Waals surface area contributed by atoms with Gasteiger partial charge in [-0.1, -0.05) is 54.1 Å². The van der Waals surface area contributed by atoms with Crippen molar-refractivity contribution >= 4 is 5.91 Å². The molecule has 0 aliphatic heterocycles. The van der Waals surface area contributed by atoms with Crippen LogP contribution in [0.1, 0.15) is 27.7 Å². The molecule has 2 N–H and O–H groups in total. The third-order valence-corrected chi connectivity index (χ3v) is 4.79. The molecule has 4 aromatic rings. The summed E-state index contributed by atoms with van der Waals surface area (Å²) < 4.78 is 1.70. The molecule has 2 aromatic heterocycles. The van der Waals surface area contributed by atoms with Gasteiger partial charge in [0.25, 0.3) is 5.91 Å². The number of aromatic nitrogens is 3. The topological polar surface area (TPSA) is 80.0 Å². The zero-order valence-corrected chi connectivity index (χ0v) is 16.6. The van der Waals surface area contributed by atoms with Gasteiger partial charge in [-0.2, -0.15) is 5.10 Å². The van der Waals surface area contributed by atoms with Crippen molar-refractivity contribution in [3.8, 4) is 16.9 Å². The Balaban J connectivity index is 1.62. The molecule has 0 fully saturated rings. The first-order valence-electron chi connectivity index (χ1n) is 9.71. The van der Waals surface area contributed by atoms with Crippen LogP contribution in [0.4, 0.5) is 0 Å². The summed E-state index contributed by atoms with van der Waals surface area (Å²) in [5.41, 5.74) is 4.40. The van der Waals surface area contributed by atoms with Crippen molar-refractivity contribution in [3.63, 3.8) is 0 Å². The molecule has 0 spiro atoms. The Morgan fingerprint density at radius 2 is 1.77 bits per heavy atom. The Morgan fingerprint density at radius 1 is 1.03 bits per heavy atom. The second kappa shape index (κ2) is 8.71. The fourth-order valence-electron chi connectivity index (χ4n) is 3.14. The highest BCUT2D eigenvalue weighted by atomic mass is 16.3. The molecule has 0 bridgehead atoms. The molecule has 2 heterocycles. The molecule has 0 aliphatic rings. The van der Waals surface area contributed by atoms with Crippen LogP contribution in [-0.4, -0.2) is 32.3 Å². The van der Waals surface area contributed by atoms with Crippen LogP contribution >= 0.6 is 0 Å². The minimum atomic E-state index is -0.887. The number of aryl methyl sites for hydroxylation is 1. The molecular weight excluding hydrogens is 376 g/mol. The molecule has 30 heavy (non-hydrogen) atoms. The van der Waals surface area contributed by atoms with Gasteiger partial charge in [-0.3, -0.25) is 9.78 Å². The first-order valence-corrected chi connectivity index (χ1v) is 9.71. The van der Waals surface area contributed by atoms with E-state index in [1.165, 1.54) is 0 Å². The molecule has 1 amide bonds. The summed E-state index contributed by atoms with van der Waals surface area (Å²) in [4.78, 5) is 17.1. The van der Waals surface area contributed by atoms with E-state index in [-0.39, 0.29) is 12.5 Å². The maximum absolute atomic E-state index is 13.0. The second-order valence-electron chi connectivity index (χ2n) is 7.02. The molecule has 150 valence electrons. The first kappa shape index (κ1) is 19.5. The van der Waals surface area contributed by atoms with Crippen LogP contribution in [0.3, 0.4) is 0 Å². The maximum Gasteiger partial charge on any atom is 0.255 e. The maximum atomic E-state index is 13.0. The van der Waals surface area contributed by atoms with Crippen molar-refractivity contribution in [1.82, 2.24) is 20.1 Å². The predicted octanol–water partition coefficient (Wildman–Crippen LogP) is 3.71. The van der Waals surface area contributed by atoms with E-state index in [9.17, 15) is 9.90 Å². The van der Waals surface area contributed by atoms with Crippen molar-refractivity contribution in [2.75, 3.05) is 6.54 Å². The van der Waals surface area contributed by atoms with Gasteiger partial charge in [-0.25, -0.2) is 4.68 Å². The third kappa shape index (κ3) is 4.29. The van der Waals surface area contributed by atoms with Crippen LogP contribution < -0.4 is 5.32 Å². The third-order valence-electron chi connectivity index (χ3n) is 4.79. The smallest absolute Gasteiger partial charge is 0.255 e. The number of nitrogens with one attached hydrogen (secondary N) is 1. The molecule has 0 aliphatic carbocycles. The summed E-state index contributed by atoms with van der Waals surface area (Å²) in [7, 11) is 0. The number of benzene rings is 2. The van der Waals surface area contributed by atoms with E-state index >= 15 is 0 Å². The average molecular weight is 398 g/mol. The lowest BCUT2D eigenvalue weighted by Crippen LogP contribution is -2.28. The SMILES string of the molecule is Cc1ccc(-n2cc(C(=O)NCC(O)c3ccccn3)c(-c3ccccc3)n2)cc1. The fraction of sp³-hybridized carbons (Fsp3) is 0.125. The average Bonchev–Trinajstić information content (AvgIpc) is 3.24. The predicted molar refractivity (Wildman–Crippen MR) is 115 cm³/mol. The number of pyridine rings is 1. The normalized spacial score (nSPS) is 11.8. The lowest BCUT2D eigenvalue weighted by Gasteiger charge is -2.11. The number of nitrogens with zero attached hydrogens (tertiary/aromatic N) is 3. The minimum absolute atomic E-state index is 0.0553. The zero-order valence-electron chi connectivity index (χ0n) is 16.6. The molecule has 6 nitrogen and oxygen atoms in total. The summed E-state index contributed by atoms with van der Waals surface area (Å²) in [6.07, 6.45) is 2.44. The van der Waals surface area contributed by atoms with Gasteiger partial charge in [0.1, 0.15) is 11.8 Å². The molecule has 0 saturated carbocycles. The number of hydrogen-bond acceptors (Lipinski definition) is 4. The van der Waals surface area contributed by atoms with Gasteiger partial charge >= 0.3 is 0 Å². The molecule has 0 saturated heterocycles. The van der Waals surface area contributed by atoms with Crippen LogP contribution in [0.2, 0.25) is 0 Å². The van der Waals surface area contributed by atoms with Gasteiger partial charge in [-0.05, 0) is 31.2 Å². The highest BCUT2D eigenvalue weighted by molar-refractivity contribution is 5.99. The minimum Gasteiger partial charge on any atom is -0.385 e. The number of aliphatic hydroxyl groups excluding tert-OH is 1. The fourth-order valence-corrected chi connectivity index (χ4v) is 3.14. The molecule has 0 radical (unpaired) electrons. The number of rotatable bonds is 6. The van der Waals surface area contributed by atoms with Crippen LogP contribution in [0.5, 0.6) is 0 Å². The second-order valence-corrected chi connectivity index (χ2v) is 7.02. The van der Waals surface area contributed by atoms with Gasteiger partial charge in [0, 0.05) is 24.5 Å². The van der Waals surface area contributed by atoms with Crippen LogP contribution in [0.15, 0.2) is 85.2 Å². The van der Waals surface area contributed by atoms with E-state index in [4.69, 9.17) is 0 Å². The first-order chi connectivity index (χ1) is 14.6. The molecule has 6 heteroatoms. The highest BCUT2D eigenvalue weighted by Gasteiger charge is 2.20. The number of hydrogen-bond donors (Lipinski definition) is 2. The van der Waals surface area contributed by atoms with Gasteiger partial charge < -0.3 is 10.4 Å². The summed E-state index contributed by atoms with van der Waals surface area (Å²) in [6, 6.07) is 22.8. The molecule has 2 aromatic carbocycles. The highest BCUT2D eigenvalue weighted by Crippen LogP contribution is 2.24. The van der Waals surface area contributed by atoms with E-state index < -0.39 is 6.10 Å². The zero-order chi connectivity index (χ0) is 20.9. The van der Waals surface area contributed by atoms with E-state index in [1.54, 1.807) is 35.3 Å². The number of amides is 1. The monoisotopic (exact) mass is 398 g/mol. The molecular formula is C24H22N4O2. The van der Waals surface area contributed by atoms with E-state index in [2.05, 4.69) is 15.4 Å². The Bertz CT molecular complexity index is 1120. The number of carbonyl (C=O) groups excluding carboxylic acids is 1. The van der Waals surface area contributed by atoms with E-state index in [0.29, 0.717) is 17.0 Å². The van der Waals surface area contributed by atoms with Gasteiger partial charge in [-0.15, -0.1) is 0 Å². The Labute approximate surface area is 174 Å². The number of aliphatic hydroxyl groups is 1.